The predicted octanol–water partition coefficient (Wildman–Crippen LogP) is 1.60. The standard InChI is InChI=1S/C9H6F4N2O/c10-3-1-4(11)8(13)6(7(3)12)5-2-14-9(16)15-5/h1,5H,2H2,(H2,14,15,16)/t5-/m0/s1. The lowest BCUT2D eigenvalue weighted by atomic mass is 10.1. The van der Waals surface area contributed by atoms with Crippen LogP contribution in [-0.4, -0.2) is 12.6 Å². The molecule has 1 aromatic rings. The minimum absolute atomic E-state index is 0.123. The first-order chi connectivity index (χ1) is 7.50. The first-order valence-electron chi connectivity index (χ1n) is 4.38. The lowest BCUT2D eigenvalue weighted by molar-refractivity contribution is 0.247. The molecule has 0 spiro atoms. The van der Waals surface area contributed by atoms with Gasteiger partial charge in [-0.2, -0.15) is 0 Å². The molecule has 0 saturated carbocycles. The average Bonchev–Trinajstić information content (AvgIpc) is 2.62. The topological polar surface area (TPSA) is 41.1 Å². The lowest BCUT2D eigenvalue weighted by Crippen LogP contribution is -2.23. The van der Waals surface area contributed by atoms with Crippen molar-refractivity contribution in [2.75, 3.05) is 6.54 Å². The third-order valence-electron chi connectivity index (χ3n) is 2.27. The van der Waals surface area contributed by atoms with Crippen molar-refractivity contribution in [3.05, 3.63) is 34.9 Å². The van der Waals surface area contributed by atoms with Gasteiger partial charge >= 0.3 is 6.03 Å². The summed E-state index contributed by atoms with van der Waals surface area (Å²) in [6, 6.07) is -1.63. The molecule has 16 heavy (non-hydrogen) atoms. The Morgan fingerprint density at radius 2 is 1.69 bits per heavy atom. The minimum Gasteiger partial charge on any atom is -0.336 e. The van der Waals surface area contributed by atoms with Crippen molar-refractivity contribution in [2.24, 2.45) is 0 Å². The van der Waals surface area contributed by atoms with E-state index in [0.29, 0.717) is 0 Å². The lowest BCUT2D eigenvalue weighted by Gasteiger charge is -2.12. The molecule has 1 aromatic carbocycles. The molecule has 0 bridgehead atoms. The second-order valence-electron chi connectivity index (χ2n) is 3.29. The maximum absolute atomic E-state index is 13.3. The van der Waals surface area contributed by atoms with Gasteiger partial charge in [0, 0.05) is 12.6 Å². The van der Waals surface area contributed by atoms with E-state index in [2.05, 4.69) is 10.6 Å². The van der Waals surface area contributed by atoms with E-state index >= 15 is 0 Å². The molecule has 2 N–H and O–H groups in total. The molecule has 1 atom stereocenters. The van der Waals surface area contributed by atoms with Crippen LogP contribution in [0.15, 0.2) is 6.07 Å². The molecular formula is C9H6F4N2O. The summed E-state index contributed by atoms with van der Waals surface area (Å²) in [6.07, 6.45) is 0. The van der Waals surface area contributed by atoms with E-state index in [4.69, 9.17) is 0 Å². The van der Waals surface area contributed by atoms with Crippen molar-refractivity contribution in [2.45, 2.75) is 6.04 Å². The third-order valence-corrected chi connectivity index (χ3v) is 2.27. The number of halogens is 4. The van der Waals surface area contributed by atoms with Crippen molar-refractivity contribution in [3.8, 4) is 0 Å². The van der Waals surface area contributed by atoms with Gasteiger partial charge in [0.25, 0.3) is 0 Å². The molecule has 1 aliphatic rings. The van der Waals surface area contributed by atoms with E-state index in [1.807, 2.05) is 0 Å². The molecule has 1 fully saturated rings. The molecule has 0 radical (unpaired) electrons. The fourth-order valence-corrected chi connectivity index (χ4v) is 1.53. The van der Waals surface area contributed by atoms with Crippen LogP contribution < -0.4 is 10.6 Å². The van der Waals surface area contributed by atoms with Gasteiger partial charge in [0.1, 0.15) is 0 Å². The molecule has 0 aliphatic carbocycles. The van der Waals surface area contributed by atoms with E-state index in [1.165, 1.54) is 0 Å². The number of hydrogen-bond acceptors (Lipinski definition) is 1. The monoisotopic (exact) mass is 234 g/mol. The van der Waals surface area contributed by atoms with Crippen LogP contribution in [0.2, 0.25) is 0 Å². The van der Waals surface area contributed by atoms with Crippen molar-refractivity contribution in [1.82, 2.24) is 10.6 Å². The first kappa shape index (κ1) is 10.7. The smallest absolute Gasteiger partial charge is 0.315 e. The summed E-state index contributed by atoms with van der Waals surface area (Å²) >= 11 is 0. The van der Waals surface area contributed by atoms with Gasteiger partial charge in [-0.05, 0) is 0 Å². The number of nitrogens with one attached hydrogen (secondary N) is 2. The van der Waals surface area contributed by atoms with Crippen LogP contribution in [0, 0.1) is 23.3 Å². The summed E-state index contributed by atoms with van der Waals surface area (Å²) in [6.45, 7) is -0.129. The van der Waals surface area contributed by atoms with E-state index < -0.39 is 40.9 Å². The number of carbonyl (C=O) groups excluding carboxylic acids is 1. The Kier molecular flexibility index (Phi) is 2.45. The molecular weight excluding hydrogens is 228 g/mol. The van der Waals surface area contributed by atoms with Crippen molar-refractivity contribution in [1.29, 1.82) is 0 Å². The van der Waals surface area contributed by atoms with Crippen LogP contribution in [-0.2, 0) is 0 Å². The van der Waals surface area contributed by atoms with E-state index in [-0.39, 0.29) is 12.6 Å². The molecule has 3 nitrogen and oxygen atoms in total. The zero-order valence-corrected chi connectivity index (χ0v) is 7.78. The van der Waals surface area contributed by atoms with Crippen LogP contribution in [0.4, 0.5) is 22.4 Å². The number of rotatable bonds is 1. The maximum Gasteiger partial charge on any atom is 0.315 e. The highest BCUT2D eigenvalue weighted by molar-refractivity contribution is 5.76. The van der Waals surface area contributed by atoms with Crippen molar-refractivity contribution in [3.63, 3.8) is 0 Å². The van der Waals surface area contributed by atoms with Crippen LogP contribution in [0.25, 0.3) is 0 Å². The van der Waals surface area contributed by atoms with Gasteiger partial charge in [-0.1, -0.05) is 0 Å². The molecule has 0 unspecified atom stereocenters. The Morgan fingerprint density at radius 3 is 2.12 bits per heavy atom. The van der Waals surface area contributed by atoms with Crippen LogP contribution in [0.5, 0.6) is 0 Å². The number of amides is 2. The Bertz CT molecular complexity index is 437. The van der Waals surface area contributed by atoms with Crippen LogP contribution >= 0.6 is 0 Å². The van der Waals surface area contributed by atoms with E-state index in [0.717, 1.165) is 0 Å². The molecule has 1 saturated heterocycles. The summed E-state index contributed by atoms with van der Waals surface area (Å²) in [4.78, 5) is 10.8. The SMILES string of the molecule is O=C1NC[C@@H](c2c(F)c(F)cc(F)c2F)N1. The summed E-state index contributed by atoms with van der Waals surface area (Å²) < 4.78 is 52.2. The second kappa shape index (κ2) is 3.66. The van der Waals surface area contributed by atoms with Gasteiger partial charge in [-0.3, -0.25) is 0 Å². The highest BCUT2D eigenvalue weighted by Gasteiger charge is 2.30. The van der Waals surface area contributed by atoms with Gasteiger partial charge < -0.3 is 10.6 Å². The molecule has 86 valence electrons. The zero-order valence-electron chi connectivity index (χ0n) is 7.78. The van der Waals surface area contributed by atoms with Gasteiger partial charge in [0.15, 0.2) is 23.3 Å². The van der Waals surface area contributed by atoms with Gasteiger partial charge in [0.05, 0.1) is 11.6 Å². The van der Waals surface area contributed by atoms with Crippen LogP contribution in [0.3, 0.4) is 0 Å². The Labute approximate surface area is 87.4 Å². The van der Waals surface area contributed by atoms with Gasteiger partial charge in [-0.15, -0.1) is 0 Å². The van der Waals surface area contributed by atoms with Crippen LogP contribution in [0.1, 0.15) is 11.6 Å². The Hall–Kier alpha value is -1.79. The van der Waals surface area contributed by atoms with Gasteiger partial charge in [0.2, 0.25) is 0 Å². The molecule has 0 aromatic heterocycles. The number of benzene rings is 1. The molecule has 1 heterocycles. The number of hydrogen-bond donors (Lipinski definition) is 2. The fraction of sp³-hybridized carbons (Fsp3) is 0.222. The highest BCUT2D eigenvalue weighted by Crippen LogP contribution is 2.26. The summed E-state index contributed by atoms with van der Waals surface area (Å²) in [5.41, 5.74) is -0.809. The maximum atomic E-state index is 13.3. The molecule has 2 rings (SSSR count). The van der Waals surface area contributed by atoms with E-state index in [1.54, 1.807) is 0 Å². The summed E-state index contributed by atoms with van der Waals surface area (Å²) in [7, 11) is 0. The molecule has 7 heteroatoms. The summed E-state index contributed by atoms with van der Waals surface area (Å²) in [5.74, 6) is -5.97. The molecule has 1 aliphatic heterocycles. The average molecular weight is 234 g/mol. The van der Waals surface area contributed by atoms with Crippen molar-refractivity contribution < 1.29 is 22.4 Å². The Morgan fingerprint density at radius 1 is 1.12 bits per heavy atom. The quantitative estimate of drug-likeness (QED) is 0.562. The predicted molar refractivity (Wildman–Crippen MR) is 45.5 cm³/mol. The molecule has 2 amide bonds. The normalized spacial score (nSPS) is 19.5. The van der Waals surface area contributed by atoms with Gasteiger partial charge in [-0.25, -0.2) is 22.4 Å². The minimum atomic E-state index is -1.49. The van der Waals surface area contributed by atoms with E-state index in [9.17, 15) is 22.4 Å². The number of carbonyl (C=O) groups is 1. The largest absolute Gasteiger partial charge is 0.336 e. The fourth-order valence-electron chi connectivity index (χ4n) is 1.53. The zero-order chi connectivity index (χ0) is 11.9. The van der Waals surface area contributed by atoms with Crippen molar-refractivity contribution >= 4 is 6.03 Å². The second-order valence-corrected chi connectivity index (χ2v) is 3.29. The highest BCUT2D eigenvalue weighted by atomic mass is 19.2. The Balaban J connectivity index is 2.51. The number of urea groups is 1. The third kappa shape index (κ3) is 1.58. The summed E-state index contributed by atoms with van der Waals surface area (Å²) in [5, 5.41) is 4.38. The first-order valence-corrected chi connectivity index (χ1v) is 4.38.